The second-order valence-electron chi connectivity index (χ2n) is 4.18. The molecule has 0 atom stereocenters. The molecule has 1 aromatic carbocycles. The summed E-state index contributed by atoms with van der Waals surface area (Å²) in [7, 11) is 0. The fourth-order valence-electron chi connectivity index (χ4n) is 2.20. The highest BCUT2D eigenvalue weighted by Crippen LogP contribution is 2.19. The zero-order valence-corrected chi connectivity index (χ0v) is 9.39. The number of carbonyl (C=O) groups is 1. The number of imidazole rings is 1. The van der Waals surface area contributed by atoms with Crippen LogP contribution in [0.5, 0.6) is 0 Å². The SMILES string of the molecule is O=C(c1ncc[nH]1)N1CCc2ccccc2C1. The van der Waals surface area contributed by atoms with Crippen LogP contribution in [-0.4, -0.2) is 27.3 Å². The molecule has 2 heterocycles. The van der Waals surface area contributed by atoms with E-state index in [0.717, 1.165) is 13.0 Å². The average Bonchev–Trinajstić information content (AvgIpc) is 2.91. The fraction of sp³-hybridized carbons (Fsp3) is 0.231. The van der Waals surface area contributed by atoms with E-state index < -0.39 is 0 Å². The smallest absolute Gasteiger partial charge is 0.289 e. The number of benzene rings is 1. The number of carbonyl (C=O) groups excluding carboxylic acids is 1. The van der Waals surface area contributed by atoms with Gasteiger partial charge in [-0.15, -0.1) is 0 Å². The van der Waals surface area contributed by atoms with Crippen LogP contribution in [0.1, 0.15) is 21.7 Å². The summed E-state index contributed by atoms with van der Waals surface area (Å²) >= 11 is 0. The highest BCUT2D eigenvalue weighted by Gasteiger charge is 2.22. The molecular weight excluding hydrogens is 214 g/mol. The number of nitrogens with zero attached hydrogens (tertiary/aromatic N) is 2. The van der Waals surface area contributed by atoms with E-state index in [1.807, 2.05) is 17.0 Å². The minimum absolute atomic E-state index is 0.0236. The number of amides is 1. The van der Waals surface area contributed by atoms with Crippen LogP contribution < -0.4 is 0 Å². The molecule has 0 bridgehead atoms. The first-order chi connectivity index (χ1) is 8.34. The summed E-state index contributed by atoms with van der Waals surface area (Å²) in [5.74, 6) is 0.397. The summed E-state index contributed by atoms with van der Waals surface area (Å²) in [6, 6.07) is 8.27. The van der Waals surface area contributed by atoms with Crippen LogP contribution in [0, 0.1) is 0 Å². The Bertz CT molecular complexity index is 533. The Hall–Kier alpha value is -2.10. The highest BCUT2D eigenvalue weighted by atomic mass is 16.2. The second kappa shape index (κ2) is 4.05. The number of hydrogen-bond acceptors (Lipinski definition) is 2. The van der Waals surface area contributed by atoms with Gasteiger partial charge in [0.15, 0.2) is 5.82 Å². The Balaban J connectivity index is 1.83. The molecule has 0 fully saturated rings. The van der Waals surface area contributed by atoms with Crippen molar-refractivity contribution in [3.8, 4) is 0 Å². The van der Waals surface area contributed by atoms with Gasteiger partial charge in [-0.3, -0.25) is 4.79 Å². The molecule has 0 saturated carbocycles. The standard InChI is InChI=1S/C13H13N3O/c17-13(12-14-6-7-15-12)16-8-5-10-3-1-2-4-11(10)9-16/h1-4,6-7H,5,8-9H2,(H,14,15). The molecule has 3 rings (SSSR count). The summed E-state index contributed by atoms with van der Waals surface area (Å²) in [6.07, 6.45) is 4.19. The fourth-order valence-corrected chi connectivity index (χ4v) is 2.20. The number of nitrogens with one attached hydrogen (secondary N) is 1. The molecule has 1 N–H and O–H groups in total. The predicted molar refractivity (Wildman–Crippen MR) is 63.5 cm³/mol. The maximum Gasteiger partial charge on any atom is 0.289 e. The van der Waals surface area contributed by atoms with Gasteiger partial charge >= 0.3 is 0 Å². The van der Waals surface area contributed by atoms with Gasteiger partial charge in [0.2, 0.25) is 0 Å². The van der Waals surface area contributed by atoms with Crippen molar-refractivity contribution in [2.75, 3.05) is 6.54 Å². The van der Waals surface area contributed by atoms with Crippen molar-refractivity contribution in [3.05, 3.63) is 53.6 Å². The maximum absolute atomic E-state index is 12.1. The van der Waals surface area contributed by atoms with E-state index in [9.17, 15) is 4.79 Å². The molecule has 86 valence electrons. The molecule has 0 spiro atoms. The van der Waals surface area contributed by atoms with E-state index in [0.29, 0.717) is 12.4 Å². The first-order valence-corrected chi connectivity index (χ1v) is 5.70. The van der Waals surface area contributed by atoms with Crippen LogP contribution in [-0.2, 0) is 13.0 Å². The number of H-pyrrole nitrogens is 1. The van der Waals surface area contributed by atoms with Crippen molar-refractivity contribution in [2.45, 2.75) is 13.0 Å². The number of rotatable bonds is 1. The summed E-state index contributed by atoms with van der Waals surface area (Å²) in [5.41, 5.74) is 2.58. The van der Waals surface area contributed by atoms with E-state index in [1.165, 1.54) is 11.1 Å². The second-order valence-corrected chi connectivity index (χ2v) is 4.18. The molecule has 1 amide bonds. The molecule has 4 heteroatoms. The molecule has 0 aliphatic carbocycles. The van der Waals surface area contributed by atoms with Crippen molar-refractivity contribution in [1.29, 1.82) is 0 Å². The molecule has 0 radical (unpaired) electrons. The van der Waals surface area contributed by atoms with Crippen LogP contribution in [0.3, 0.4) is 0 Å². The summed E-state index contributed by atoms with van der Waals surface area (Å²) in [5, 5.41) is 0. The van der Waals surface area contributed by atoms with E-state index >= 15 is 0 Å². The number of aromatic amines is 1. The molecule has 0 saturated heterocycles. The Labute approximate surface area is 99.3 Å². The number of fused-ring (bicyclic) bond motifs is 1. The summed E-state index contributed by atoms with van der Waals surface area (Å²) in [4.78, 5) is 20.8. The summed E-state index contributed by atoms with van der Waals surface area (Å²) < 4.78 is 0. The molecule has 1 aliphatic rings. The van der Waals surface area contributed by atoms with Gasteiger partial charge in [-0.2, -0.15) is 0 Å². The molecule has 1 aliphatic heterocycles. The lowest BCUT2D eigenvalue weighted by molar-refractivity contribution is 0.0723. The Morgan fingerprint density at radius 1 is 1.29 bits per heavy atom. The van der Waals surface area contributed by atoms with E-state index in [-0.39, 0.29) is 5.91 Å². The third kappa shape index (κ3) is 1.82. The van der Waals surface area contributed by atoms with Crippen LogP contribution in [0.4, 0.5) is 0 Å². The Morgan fingerprint density at radius 2 is 2.12 bits per heavy atom. The lowest BCUT2D eigenvalue weighted by Crippen LogP contribution is -2.36. The van der Waals surface area contributed by atoms with Crippen LogP contribution in [0.25, 0.3) is 0 Å². The lowest BCUT2D eigenvalue weighted by atomic mass is 10.00. The maximum atomic E-state index is 12.1. The topological polar surface area (TPSA) is 49.0 Å². The average molecular weight is 227 g/mol. The Morgan fingerprint density at radius 3 is 2.88 bits per heavy atom. The third-order valence-corrected chi connectivity index (χ3v) is 3.12. The quantitative estimate of drug-likeness (QED) is 0.804. The van der Waals surface area contributed by atoms with Gasteiger partial charge in [0, 0.05) is 25.5 Å². The van der Waals surface area contributed by atoms with E-state index in [1.54, 1.807) is 12.4 Å². The third-order valence-electron chi connectivity index (χ3n) is 3.12. The zero-order valence-electron chi connectivity index (χ0n) is 9.39. The molecule has 4 nitrogen and oxygen atoms in total. The van der Waals surface area contributed by atoms with Gasteiger partial charge in [0.05, 0.1) is 0 Å². The van der Waals surface area contributed by atoms with Gasteiger partial charge in [0.1, 0.15) is 0 Å². The van der Waals surface area contributed by atoms with Crippen LogP contribution >= 0.6 is 0 Å². The molecule has 1 aromatic heterocycles. The van der Waals surface area contributed by atoms with Crippen molar-refractivity contribution in [2.24, 2.45) is 0 Å². The van der Waals surface area contributed by atoms with Crippen molar-refractivity contribution in [1.82, 2.24) is 14.9 Å². The van der Waals surface area contributed by atoms with E-state index in [4.69, 9.17) is 0 Å². The van der Waals surface area contributed by atoms with Crippen LogP contribution in [0.2, 0.25) is 0 Å². The minimum Gasteiger partial charge on any atom is -0.341 e. The molecule has 17 heavy (non-hydrogen) atoms. The molecule has 0 unspecified atom stereocenters. The van der Waals surface area contributed by atoms with Crippen molar-refractivity contribution < 1.29 is 4.79 Å². The van der Waals surface area contributed by atoms with Gasteiger partial charge in [-0.05, 0) is 17.5 Å². The van der Waals surface area contributed by atoms with Gasteiger partial charge < -0.3 is 9.88 Å². The van der Waals surface area contributed by atoms with Gasteiger partial charge in [-0.25, -0.2) is 4.98 Å². The van der Waals surface area contributed by atoms with Crippen LogP contribution in [0.15, 0.2) is 36.7 Å². The molecular formula is C13H13N3O. The van der Waals surface area contributed by atoms with Crippen molar-refractivity contribution in [3.63, 3.8) is 0 Å². The van der Waals surface area contributed by atoms with Crippen molar-refractivity contribution >= 4 is 5.91 Å². The predicted octanol–water partition coefficient (Wildman–Crippen LogP) is 1.61. The first kappa shape index (κ1) is 10.1. The van der Waals surface area contributed by atoms with Gasteiger partial charge in [-0.1, -0.05) is 24.3 Å². The normalized spacial score (nSPS) is 14.5. The lowest BCUT2D eigenvalue weighted by Gasteiger charge is -2.28. The number of hydrogen-bond donors (Lipinski definition) is 1. The Kier molecular flexibility index (Phi) is 2.40. The van der Waals surface area contributed by atoms with E-state index in [2.05, 4.69) is 22.1 Å². The first-order valence-electron chi connectivity index (χ1n) is 5.70. The summed E-state index contributed by atoms with van der Waals surface area (Å²) in [6.45, 7) is 1.44. The minimum atomic E-state index is -0.0236. The molecule has 2 aromatic rings. The van der Waals surface area contributed by atoms with Gasteiger partial charge in [0.25, 0.3) is 5.91 Å². The highest BCUT2D eigenvalue weighted by molar-refractivity contribution is 5.90. The zero-order chi connectivity index (χ0) is 11.7. The largest absolute Gasteiger partial charge is 0.341 e. The monoisotopic (exact) mass is 227 g/mol. The number of aromatic nitrogens is 2.